The topological polar surface area (TPSA) is 48.0 Å². The second-order valence-electron chi connectivity index (χ2n) is 6.95. The number of methoxy groups -OCH3 is 1. The number of likely N-dealkylation sites (tertiary alicyclic amines) is 1. The molecule has 2 aromatic rings. The van der Waals surface area contributed by atoms with Crippen molar-refractivity contribution in [3.8, 4) is 11.5 Å². The summed E-state index contributed by atoms with van der Waals surface area (Å²) in [5.41, 5.74) is 1.53. The van der Waals surface area contributed by atoms with Crippen LogP contribution in [0.5, 0.6) is 11.5 Å². The zero-order chi connectivity index (χ0) is 18.8. The third-order valence-corrected chi connectivity index (χ3v) is 5.12. The van der Waals surface area contributed by atoms with Crippen LogP contribution in [0.2, 0.25) is 0 Å². The molecule has 2 aliphatic rings. The van der Waals surface area contributed by atoms with E-state index in [1.165, 1.54) is 6.07 Å². The molecule has 4 rings (SSSR count). The van der Waals surface area contributed by atoms with Crippen LogP contribution < -0.4 is 9.47 Å². The zero-order valence-electron chi connectivity index (χ0n) is 15.2. The maximum atomic E-state index is 13.6. The van der Waals surface area contributed by atoms with Crippen LogP contribution in [0.25, 0.3) is 0 Å². The molecule has 0 N–H and O–H groups in total. The largest absolute Gasteiger partial charge is 0.497 e. The maximum Gasteiger partial charge on any atom is 0.229 e. The van der Waals surface area contributed by atoms with Crippen LogP contribution >= 0.6 is 0 Å². The highest BCUT2D eigenvalue weighted by atomic mass is 19.1. The Morgan fingerprint density at radius 3 is 2.85 bits per heavy atom. The predicted octanol–water partition coefficient (Wildman–Crippen LogP) is 2.81. The van der Waals surface area contributed by atoms with E-state index in [-0.39, 0.29) is 30.4 Å². The number of amides is 1. The number of rotatable bonds is 5. The third-order valence-electron chi connectivity index (χ3n) is 5.12. The lowest BCUT2D eigenvalue weighted by Crippen LogP contribution is -2.57. The Balaban J connectivity index is 1.28. The molecule has 142 valence electrons. The first-order valence-electron chi connectivity index (χ1n) is 9.07. The molecular formula is C21H22FNO4. The number of nitrogens with zero attached hydrogens (tertiary/aromatic N) is 1. The van der Waals surface area contributed by atoms with Crippen molar-refractivity contribution >= 4 is 5.91 Å². The summed E-state index contributed by atoms with van der Waals surface area (Å²) < 4.78 is 30.3. The van der Waals surface area contributed by atoms with Crippen LogP contribution in [0, 0.1) is 11.7 Å². The van der Waals surface area contributed by atoms with Crippen molar-refractivity contribution in [3.05, 3.63) is 59.4 Å². The Morgan fingerprint density at radius 2 is 2.07 bits per heavy atom. The maximum absolute atomic E-state index is 13.6. The molecule has 1 unspecified atom stereocenters. The summed E-state index contributed by atoms with van der Waals surface area (Å²) in [6, 6.07) is 12.2. The molecule has 2 aliphatic heterocycles. The first kappa shape index (κ1) is 17.8. The summed E-state index contributed by atoms with van der Waals surface area (Å²) in [5, 5.41) is 0. The van der Waals surface area contributed by atoms with Crippen LogP contribution in [0.15, 0.2) is 42.5 Å². The Bertz CT molecular complexity index is 835. The lowest BCUT2D eigenvalue weighted by molar-refractivity contribution is -0.151. The number of hydrogen-bond acceptors (Lipinski definition) is 4. The SMILES string of the molecule is COc1ccc2c(c1)CC(C(=O)N1CC(OCc3ccccc3F)C1)CO2. The van der Waals surface area contributed by atoms with E-state index in [4.69, 9.17) is 14.2 Å². The smallest absolute Gasteiger partial charge is 0.229 e. The van der Waals surface area contributed by atoms with Crippen LogP contribution in [0.3, 0.4) is 0 Å². The molecule has 1 fully saturated rings. The molecule has 0 radical (unpaired) electrons. The van der Waals surface area contributed by atoms with Crippen molar-refractivity contribution in [2.75, 3.05) is 26.8 Å². The Labute approximate surface area is 157 Å². The van der Waals surface area contributed by atoms with Gasteiger partial charge in [-0.3, -0.25) is 4.79 Å². The minimum absolute atomic E-state index is 0.0505. The first-order valence-corrected chi connectivity index (χ1v) is 9.07. The quantitative estimate of drug-likeness (QED) is 0.811. The summed E-state index contributed by atoms with van der Waals surface area (Å²) in [4.78, 5) is 14.5. The fourth-order valence-corrected chi connectivity index (χ4v) is 3.46. The van der Waals surface area contributed by atoms with Gasteiger partial charge in [0.1, 0.15) is 23.9 Å². The highest BCUT2D eigenvalue weighted by Gasteiger charge is 2.37. The lowest BCUT2D eigenvalue weighted by atomic mass is 9.94. The van der Waals surface area contributed by atoms with Crippen LogP contribution in [-0.2, 0) is 22.6 Å². The number of hydrogen-bond donors (Lipinski definition) is 0. The number of halogens is 1. The van der Waals surface area contributed by atoms with E-state index in [2.05, 4.69) is 0 Å². The van der Waals surface area contributed by atoms with Gasteiger partial charge in [0.05, 0.1) is 25.7 Å². The van der Waals surface area contributed by atoms with Gasteiger partial charge in [0.2, 0.25) is 5.91 Å². The van der Waals surface area contributed by atoms with Crippen molar-refractivity contribution in [1.82, 2.24) is 4.90 Å². The number of benzene rings is 2. The van der Waals surface area contributed by atoms with Crippen molar-refractivity contribution in [1.29, 1.82) is 0 Å². The van der Waals surface area contributed by atoms with E-state index in [0.717, 1.165) is 17.1 Å². The molecule has 2 heterocycles. The van der Waals surface area contributed by atoms with Crippen molar-refractivity contribution in [3.63, 3.8) is 0 Å². The second kappa shape index (κ2) is 7.56. The van der Waals surface area contributed by atoms with Gasteiger partial charge in [-0.25, -0.2) is 4.39 Å². The molecular weight excluding hydrogens is 349 g/mol. The summed E-state index contributed by atoms with van der Waals surface area (Å²) in [6.07, 6.45) is 0.591. The average Bonchev–Trinajstić information content (AvgIpc) is 2.67. The van der Waals surface area contributed by atoms with Crippen molar-refractivity contribution < 1.29 is 23.4 Å². The van der Waals surface area contributed by atoms with Crippen LogP contribution in [0.1, 0.15) is 11.1 Å². The summed E-state index contributed by atoms with van der Waals surface area (Å²) >= 11 is 0. The van der Waals surface area contributed by atoms with Gasteiger partial charge >= 0.3 is 0 Å². The van der Waals surface area contributed by atoms with Crippen LogP contribution in [0.4, 0.5) is 4.39 Å². The standard InChI is InChI=1S/C21H22FNO4/c1-25-17-6-7-20-15(9-17)8-16(13-27-20)21(24)23-10-18(11-23)26-12-14-4-2-3-5-19(14)22/h2-7,9,16,18H,8,10-13H2,1H3. The van der Waals surface area contributed by atoms with Crippen LogP contribution in [-0.4, -0.2) is 43.7 Å². The summed E-state index contributed by atoms with van der Waals surface area (Å²) in [6.45, 7) is 1.68. The first-order chi connectivity index (χ1) is 13.1. The highest BCUT2D eigenvalue weighted by molar-refractivity contribution is 5.80. The van der Waals surface area contributed by atoms with Crippen molar-refractivity contribution in [2.24, 2.45) is 5.92 Å². The van der Waals surface area contributed by atoms with Gasteiger partial charge in [-0.2, -0.15) is 0 Å². The lowest BCUT2D eigenvalue weighted by Gasteiger charge is -2.41. The second-order valence-corrected chi connectivity index (χ2v) is 6.95. The zero-order valence-corrected chi connectivity index (χ0v) is 15.2. The fourth-order valence-electron chi connectivity index (χ4n) is 3.46. The summed E-state index contributed by atoms with van der Waals surface area (Å²) in [5.74, 6) is 1.19. The van der Waals surface area contributed by atoms with E-state index in [9.17, 15) is 9.18 Å². The predicted molar refractivity (Wildman–Crippen MR) is 97.2 cm³/mol. The molecule has 1 atom stereocenters. The fraction of sp³-hybridized carbons (Fsp3) is 0.381. The number of carbonyl (C=O) groups is 1. The Hall–Kier alpha value is -2.60. The van der Waals surface area contributed by atoms with Gasteiger partial charge < -0.3 is 19.1 Å². The molecule has 27 heavy (non-hydrogen) atoms. The van der Waals surface area contributed by atoms with Gasteiger partial charge in [-0.1, -0.05) is 18.2 Å². The normalized spacial score (nSPS) is 19.0. The van der Waals surface area contributed by atoms with Gasteiger partial charge in [0, 0.05) is 18.7 Å². The van der Waals surface area contributed by atoms with Gasteiger partial charge in [-0.05, 0) is 36.2 Å². The monoisotopic (exact) mass is 371 g/mol. The Kier molecular flexibility index (Phi) is 4.99. The number of fused-ring (bicyclic) bond motifs is 1. The van der Waals surface area contributed by atoms with Gasteiger partial charge in [0.25, 0.3) is 0 Å². The van der Waals surface area contributed by atoms with E-state index in [1.54, 1.807) is 30.2 Å². The molecule has 1 amide bonds. The third kappa shape index (κ3) is 3.76. The van der Waals surface area contributed by atoms with Gasteiger partial charge in [0.15, 0.2) is 0 Å². The molecule has 0 spiro atoms. The molecule has 0 bridgehead atoms. The van der Waals surface area contributed by atoms with E-state index < -0.39 is 0 Å². The highest BCUT2D eigenvalue weighted by Crippen LogP contribution is 2.32. The average molecular weight is 371 g/mol. The molecule has 0 aromatic heterocycles. The van der Waals surface area contributed by atoms with Gasteiger partial charge in [-0.15, -0.1) is 0 Å². The number of ether oxygens (including phenoxy) is 3. The summed E-state index contributed by atoms with van der Waals surface area (Å²) in [7, 11) is 1.62. The van der Waals surface area contributed by atoms with E-state index >= 15 is 0 Å². The van der Waals surface area contributed by atoms with Crippen molar-refractivity contribution in [2.45, 2.75) is 19.1 Å². The van der Waals surface area contributed by atoms with E-state index in [0.29, 0.717) is 31.7 Å². The molecule has 2 aromatic carbocycles. The molecule has 1 saturated heterocycles. The van der Waals surface area contributed by atoms with E-state index in [1.807, 2.05) is 18.2 Å². The minimum atomic E-state index is -0.266. The molecule has 0 saturated carbocycles. The molecule has 6 heteroatoms. The minimum Gasteiger partial charge on any atom is -0.497 e. The number of carbonyl (C=O) groups excluding carboxylic acids is 1. The Morgan fingerprint density at radius 1 is 1.26 bits per heavy atom. The molecule has 0 aliphatic carbocycles. The molecule has 5 nitrogen and oxygen atoms in total.